The Morgan fingerprint density at radius 3 is 2.42 bits per heavy atom. The third-order valence-corrected chi connectivity index (χ3v) is 6.88. The van der Waals surface area contributed by atoms with Gasteiger partial charge in [-0.1, -0.05) is 60.6 Å². The molecule has 0 unspecified atom stereocenters. The number of hydrogen-bond acceptors (Lipinski definition) is 4. The molecule has 0 amide bonds. The second-order valence-electron chi connectivity index (χ2n) is 8.03. The average Bonchev–Trinajstić information content (AvgIpc) is 3.34. The summed E-state index contributed by atoms with van der Waals surface area (Å²) in [6, 6.07) is 19.8. The van der Waals surface area contributed by atoms with Crippen molar-refractivity contribution in [2.45, 2.75) is 45.4 Å². The summed E-state index contributed by atoms with van der Waals surface area (Å²) < 4.78 is 4.28. The Bertz CT molecular complexity index is 1250. The normalized spacial score (nSPS) is 11.2. The smallest absolute Gasteiger partial charge is 0.192 e. The van der Waals surface area contributed by atoms with Crippen LogP contribution in [-0.4, -0.2) is 30.9 Å². The van der Waals surface area contributed by atoms with Gasteiger partial charge in [0.15, 0.2) is 16.8 Å². The molecule has 0 N–H and O–H groups in total. The van der Waals surface area contributed by atoms with Gasteiger partial charge in [0.2, 0.25) is 0 Å². The van der Waals surface area contributed by atoms with Crippen molar-refractivity contribution in [3.8, 4) is 11.4 Å². The molecular weight excluding hydrogens is 452 g/mol. The first kappa shape index (κ1) is 23.3. The lowest BCUT2D eigenvalue weighted by molar-refractivity contribution is 0.102. The van der Waals surface area contributed by atoms with E-state index >= 15 is 0 Å². The van der Waals surface area contributed by atoms with Gasteiger partial charge in [0, 0.05) is 34.1 Å². The molecule has 0 saturated carbocycles. The zero-order valence-electron chi connectivity index (χ0n) is 19.1. The molecule has 33 heavy (non-hydrogen) atoms. The number of carbonyl (C=O) groups is 1. The predicted molar refractivity (Wildman–Crippen MR) is 135 cm³/mol. The fourth-order valence-electron chi connectivity index (χ4n) is 3.98. The van der Waals surface area contributed by atoms with Gasteiger partial charge >= 0.3 is 0 Å². The van der Waals surface area contributed by atoms with Gasteiger partial charge in [0.1, 0.15) is 0 Å². The number of ketones is 1. The largest absolute Gasteiger partial charge is 0.348 e. The molecule has 0 aliphatic rings. The zero-order chi connectivity index (χ0) is 23.4. The fraction of sp³-hybridized carbons (Fsp3) is 0.269. The fourth-order valence-corrected chi connectivity index (χ4v) is 4.92. The Labute approximate surface area is 203 Å². The van der Waals surface area contributed by atoms with Crippen molar-refractivity contribution in [1.29, 1.82) is 0 Å². The summed E-state index contributed by atoms with van der Waals surface area (Å²) in [6.07, 6.45) is 1.04. The maximum atomic E-state index is 13.1. The second-order valence-corrected chi connectivity index (χ2v) is 9.41. The number of halogens is 1. The molecule has 4 aromatic rings. The summed E-state index contributed by atoms with van der Waals surface area (Å²) in [7, 11) is 0. The van der Waals surface area contributed by atoms with Crippen LogP contribution in [0.15, 0.2) is 65.8 Å². The third kappa shape index (κ3) is 5.23. The molecule has 0 radical (unpaired) electrons. The van der Waals surface area contributed by atoms with E-state index in [2.05, 4.69) is 45.3 Å². The van der Waals surface area contributed by atoms with Crippen molar-refractivity contribution in [3.05, 3.63) is 88.2 Å². The quantitative estimate of drug-likeness (QED) is 0.205. The minimum absolute atomic E-state index is 0.109. The molecule has 0 aliphatic heterocycles. The first-order valence-electron chi connectivity index (χ1n) is 11.0. The molecule has 2 aromatic heterocycles. The van der Waals surface area contributed by atoms with Gasteiger partial charge in [-0.3, -0.25) is 9.36 Å². The number of Topliss-reactive ketones (excluding diaryl/α,β-unsaturated/α-hetero) is 1. The number of hydrogen-bond donors (Lipinski definition) is 0. The van der Waals surface area contributed by atoms with Crippen LogP contribution in [0.2, 0.25) is 5.02 Å². The minimum atomic E-state index is 0.109. The molecule has 7 heteroatoms. The van der Waals surface area contributed by atoms with E-state index in [0.717, 1.165) is 52.0 Å². The summed E-state index contributed by atoms with van der Waals surface area (Å²) in [5.41, 5.74) is 5.03. The van der Waals surface area contributed by atoms with Gasteiger partial charge in [-0.05, 0) is 56.2 Å². The Morgan fingerprint density at radius 1 is 1.00 bits per heavy atom. The van der Waals surface area contributed by atoms with Crippen LogP contribution in [0.3, 0.4) is 0 Å². The lowest BCUT2D eigenvalue weighted by Gasteiger charge is -2.11. The van der Waals surface area contributed by atoms with Crippen molar-refractivity contribution in [2.75, 3.05) is 5.75 Å². The molecule has 4 rings (SSSR count). The molecule has 170 valence electrons. The Kier molecular flexibility index (Phi) is 7.36. The van der Waals surface area contributed by atoms with Crippen LogP contribution in [0.25, 0.3) is 11.4 Å². The molecule has 2 aromatic carbocycles. The Balaban J connectivity index is 1.60. The van der Waals surface area contributed by atoms with Crippen LogP contribution in [-0.2, 0) is 13.1 Å². The van der Waals surface area contributed by atoms with Gasteiger partial charge in [0.05, 0.1) is 12.3 Å². The third-order valence-electron chi connectivity index (χ3n) is 5.66. The predicted octanol–water partition coefficient (Wildman–Crippen LogP) is 6.45. The molecule has 0 fully saturated rings. The van der Waals surface area contributed by atoms with Crippen LogP contribution in [0, 0.1) is 13.8 Å². The molecular formula is C26H27ClN4OS. The molecule has 0 atom stereocenters. The maximum Gasteiger partial charge on any atom is 0.192 e. The summed E-state index contributed by atoms with van der Waals surface area (Å²) in [5, 5.41) is 10.3. The van der Waals surface area contributed by atoms with E-state index < -0.39 is 0 Å². The lowest BCUT2D eigenvalue weighted by Crippen LogP contribution is -2.08. The van der Waals surface area contributed by atoms with Gasteiger partial charge < -0.3 is 4.57 Å². The average molecular weight is 479 g/mol. The number of aryl methyl sites for hydroxylation is 1. The Hall–Kier alpha value is -2.83. The van der Waals surface area contributed by atoms with Crippen LogP contribution in [0.4, 0.5) is 0 Å². The van der Waals surface area contributed by atoms with Crippen LogP contribution in [0.1, 0.15) is 40.7 Å². The number of thioether (sulfide) groups is 1. The highest BCUT2D eigenvalue weighted by atomic mass is 35.5. The van der Waals surface area contributed by atoms with E-state index in [1.165, 1.54) is 11.8 Å². The van der Waals surface area contributed by atoms with E-state index in [1.807, 2.05) is 55.5 Å². The van der Waals surface area contributed by atoms with Gasteiger partial charge in [-0.2, -0.15) is 0 Å². The number of aromatic nitrogens is 4. The highest BCUT2D eigenvalue weighted by Gasteiger charge is 2.19. The van der Waals surface area contributed by atoms with Crippen molar-refractivity contribution in [3.63, 3.8) is 0 Å². The standard InChI is InChI=1S/C26H27ClN4OS/c1-4-14-30-18(2)15-23(19(30)3)24(32)17-33-26-29-28-25(21-10-12-22(27)13-11-21)31(26)16-20-8-6-5-7-9-20/h5-13,15H,4,14,16-17H2,1-3H3. The summed E-state index contributed by atoms with van der Waals surface area (Å²) in [5.74, 6) is 1.17. The van der Waals surface area contributed by atoms with Crippen molar-refractivity contribution >= 4 is 29.1 Å². The maximum absolute atomic E-state index is 13.1. The van der Waals surface area contributed by atoms with Crippen molar-refractivity contribution < 1.29 is 4.79 Å². The van der Waals surface area contributed by atoms with Gasteiger partial charge in [0.25, 0.3) is 0 Å². The summed E-state index contributed by atoms with van der Waals surface area (Å²) in [6.45, 7) is 7.77. The molecule has 0 aliphatic carbocycles. The van der Waals surface area contributed by atoms with E-state index in [1.54, 1.807) is 0 Å². The highest BCUT2D eigenvalue weighted by molar-refractivity contribution is 7.99. The lowest BCUT2D eigenvalue weighted by atomic mass is 10.2. The van der Waals surface area contributed by atoms with E-state index in [9.17, 15) is 4.79 Å². The molecule has 2 heterocycles. The van der Waals surface area contributed by atoms with Gasteiger partial charge in [-0.25, -0.2) is 0 Å². The van der Waals surface area contributed by atoms with Crippen molar-refractivity contribution in [1.82, 2.24) is 19.3 Å². The first-order chi connectivity index (χ1) is 16.0. The second kappa shape index (κ2) is 10.4. The molecule has 5 nitrogen and oxygen atoms in total. The number of benzene rings is 2. The SMILES string of the molecule is CCCn1c(C)cc(C(=O)CSc2nnc(-c3ccc(Cl)cc3)n2Cc2ccccc2)c1C. The summed E-state index contributed by atoms with van der Waals surface area (Å²) in [4.78, 5) is 13.1. The monoisotopic (exact) mass is 478 g/mol. The highest BCUT2D eigenvalue weighted by Crippen LogP contribution is 2.27. The number of carbonyl (C=O) groups excluding carboxylic acids is 1. The topological polar surface area (TPSA) is 52.7 Å². The van der Waals surface area contributed by atoms with Crippen LogP contribution < -0.4 is 0 Å². The minimum Gasteiger partial charge on any atom is -0.348 e. The van der Waals surface area contributed by atoms with Gasteiger partial charge in [-0.15, -0.1) is 10.2 Å². The van der Waals surface area contributed by atoms with E-state index in [4.69, 9.17) is 11.6 Å². The molecule has 0 saturated heterocycles. The van der Waals surface area contributed by atoms with E-state index in [-0.39, 0.29) is 5.78 Å². The van der Waals surface area contributed by atoms with Crippen LogP contribution >= 0.6 is 23.4 Å². The molecule has 0 bridgehead atoms. The first-order valence-corrected chi connectivity index (χ1v) is 12.4. The Morgan fingerprint density at radius 2 is 1.73 bits per heavy atom. The van der Waals surface area contributed by atoms with Crippen LogP contribution in [0.5, 0.6) is 0 Å². The van der Waals surface area contributed by atoms with E-state index in [0.29, 0.717) is 17.3 Å². The number of rotatable bonds is 9. The number of nitrogens with zero attached hydrogens (tertiary/aromatic N) is 4. The van der Waals surface area contributed by atoms with Crippen molar-refractivity contribution in [2.24, 2.45) is 0 Å². The molecule has 0 spiro atoms. The zero-order valence-corrected chi connectivity index (χ0v) is 20.7. The summed E-state index contributed by atoms with van der Waals surface area (Å²) >= 11 is 7.51.